The maximum absolute atomic E-state index is 11.8. The number of ether oxygens (including phenoxy) is 2. The topological polar surface area (TPSA) is 73.3 Å². The number of hydrogen-bond donors (Lipinski definition) is 1. The molecule has 4 atom stereocenters. The third-order valence-corrected chi connectivity index (χ3v) is 3.67. The Hall–Kier alpha value is -1.40. The lowest BCUT2D eigenvalue weighted by atomic mass is 9.92. The molecule has 1 aliphatic heterocycles. The van der Waals surface area contributed by atoms with E-state index in [-0.39, 0.29) is 18.1 Å². The van der Waals surface area contributed by atoms with E-state index in [9.17, 15) is 9.59 Å². The van der Waals surface area contributed by atoms with Crippen LogP contribution in [0.3, 0.4) is 0 Å². The van der Waals surface area contributed by atoms with Gasteiger partial charge in [0, 0.05) is 25.3 Å². The predicted octanol–water partition coefficient (Wildman–Crippen LogP) is 0.741. The fourth-order valence-electron chi connectivity index (χ4n) is 2.76. The van der Waals surface area contributed by atoms with Gasteiger partial charge in [-0.25, -0.2) is 4.79 Å². The number of H-pyrrole nitrogens is 1. The number of rotatable bonds is 3. The SMILES string of the molecule is CO[C@H]1C(C)[C@@H](C(C)C)O[C@H]1n1ccc(=O)[nH]c1=O. The van der Waals surface area contributed by atoms with Gasteiger partial charge in [-0.2, -0.15) is 0 Å². The second kappa shape index (κ2) is 5.30. The molecule has 6 nitrogen and oxygen atoms in total. The summed E-state index contributed by atoms with van der Waals surface area (Å²) in [6.45, 7) is 6.20. The zero-order chi connectivity index (χ0) is 14.2. The first kappa shape index (κ1) is 14.0. The Kier molecular flexibility index (Phi) is 3.91. The Bertz CT molecular complexity index is 548. The Balaban J connectivity index is 2.38. The highest BCUT2D eigenvalue weighted by atomic mass is 16.6. The minimum Gasteiger partial charge on any atom is -0.376 e. The third-order valence-electron chi connectivity index (χ3n) is 3.67. The van der Waals surface area contributed by atoms with Gasteiger partial charge in [0.1, 0.15) is 6.10 Å². The fourth-order valence-corrected chi connectivity index (χ4v) is 2.76. The van der Waals surface area contributed by atoms with Crippen molar-refractivity contribution < 1.29 is 9.47 Å². The van der Waals surface area contributed by atoms with Crippen LogP contribution >= 0.6 is 0 Å². The Labute approximate surface area is 111 Å². The van der Waals surface area contributed by atoms with Crippen molar-refractivity contribution in [1.82, 2.24) is 9.55 Å². The molecule has 1 N–H and O–H groups in total. The van der Waals surface area contributed by atoms with E-state index in [4.69, 9.17) is 9.47 Å². The van der Waals surface area contributed by atoms with Crippen molar-refractivity contribution in [2.24, 2.45) is 11.8 Å². The summed E-state index contributed by atoms with van der Waals surface area (Å²) in [6.07, 6.45) is 0.759. The van der Waals surface area contributed by atoms with Crippen molar-refractivity contribution in [1.29, 1.82) is 0 Å². The Morgan fingerprint density at radius 2 is 2.11 bits per heavy atom. The summed E-state index contributed by atoms with van der Waals surface area (Å²) in [7, 11) is 1.61. The summed E-state index contributed by atoms with van der Waals surface area (Å²) in [4.78, 5) is 25.2. The quantitative estimate of drug-likeness (QED) is 0.877. The van der Waals surface area contributed by atoms with Crippen molar-refractivity contribution in [2.45, 2.75) is 39.2 Å². The van der Waals surface area contributed by atoms with Crippen molar-refractivity contribution in [3.63, 3.8) is 0 Å². The van der Waals surface area contributed by atoms with Crippen LogP contribution in [0.15, 0.2) is 21.9 Å². The molecule has 1 fully saturated rings. The second-order valence-electron chi connectivity index (χ2n) is 5.31. The second-order valence-corrected chi connectivity index (χ2v) is 5.31. The van der Waals surface area contributed by atoms with Gasteiger partial charge >= 0.3 is 5.69 Å². The van der Waals surface area contributed by atoms with Crippen LogP contribution in [0.4, 0.5) is 0 Å². The Morgan fingerprint density at radius 3 is 2.63 bits per heavy atom. The summed E-state index contributed by atoms with van der Waals surface area (Å²) in [5, 5.41) is 0. The van der Waals surface area contributed by atoms with E-state index in [0.29, 0.717) is 5.92 Å². The molecule has 1 aliphatic rings. The van der Waals surface area contributed by atoms with Crippen LogP contribution in [0.25, 0.3) is 0 Å². The fraction of sp³-hybridized carbons (Fsp3) is 0.692. The van der Waals surface area contributed by atoms with Crippen molar-refractivity contribution in [2.75, 3.05) is 7.11 Å². The maximum atomic E-state index is 11.8. The highest BCUT2D eigenvalue weighted by Gasteiger charge is 2.44. The van der Waals surface area contributed by atoms with Gasteiger partial charge in [-0.3, -0.25) is 14.3 Å². The molecule has 0 aliphatic carbocycles. The molecule has 19 heavy (non-hydrogen) atoms. The monoisotopic (exact) mass is 268 g/mol. The summed E-state index contributed by atoms with van der Waals surface area (Å²) < 4.78 is 12.8. The summed E-state index contributed by atoms with van der Waals surface area (Å²) in [5.74, 6) is 0.505. The van der Waals surface area contributed by atoms with Crippen LogP contribution in [0, 0.1) is 11.8 Å². The van der Waals surface area contributed by atoms with Gasteiger partial charge in [0.15, 0.2) is 6.23 Å². The molecule has 0 radical (unpaired) electrons. The number of aromatic nitrogens is 2. The molecular formula is C13H20N2O4. The number of methoxy groups -OCH3 is 1. The average Bonchev–Trinajstić information content (AvgIpc) is 2.66. The molecule has 0 bridgehead atoms. The van der Waals surface area contributed by atoms with Crippen LogP contribution in [0.2, 0.25) is 0 Å². The lowest BCUT2D eigenvalue weighted by Crippen LogP contribution is -2.36. The summed E-state index contributed by atoms with van der Waals surface area (Å²) in [5.41, 5.74) is -0.891. The first-order chi connectivity index (χ1) is 8.95. The van der Waals surface area contributed by atoms with E-state index in [1.54, 1.807) is 7.11 Å². The zero-order valence-corrected chi connectivity index (χ0v) is 11.6. The van der Waals surface area contributed by atoms with E-state index in [2.05, 4.69) is 25.8 Å². The Morgan fingerprint density at radius 1 is 1.42 bits per heavy atom. The number of nitrogens with one attached hydrogen (secondary N) is 1. The normalized spacial score (nSPS) is 31.0. The van der Waals surface area contributed by atoms with E-state index in [1.807, 2.05) is 0 Å². The van der Waals surface area contributed by atoms with Crippen molar-refractivity contribution in [3.8, 4) is 0 Å². The predicted molar refractivity (Wildman–Crippen MR) is 70.0 cm³/mol. The van der Waals surface area contributed by atoms with Crippen molar-refractivity contribution >= 4 is 0 Å². The van der Waals surface area contributed by atoms with Crippen LogP contribution in [-0.4, -0.2) is 28.9 Å². The molecule has 0 saturated carbocycles. The molecule has 106 valence electrons. The van der Waals surface area contributed by atoms with Gasteiger partial charge in [-0.1, -0.05) is 20.8 Å². The minimum atomic E-state index is -0.503. The van der Waals surface area contributed by atoms with Gasteiger partial charge in [-0.05, 0) is 5.92 Å². The smallest absolute Gasteiger partial charge is 0.330 e. The molecule has 2 rings (SSSR count). The molecule has 1 unspecified atom stereocenters. The molecule has 2 heterocycles. The van der Waals surface area contributed by atoms with E-state index < -0.39 is 17.5 Å². The molecule has 0 aromatic carbocycles. The minimum absolute atomic E-state index is 0.0220. The van der Waals surface area contributed by atoms with Crippen LogP contribution in [0.1, 0.15) is 27.0 Å². The van der Waals surface area contributed by atoms with Crippen molar-refractivity contribution in [3.05, 3.63) is 33.1 Å². The van der Waals surface area contributed by atoms with Gasteiger partial charge in [0.25, 0.3) is 5.56 Å². The van der Waals surface area contributed by atoms with E-state index in [0.717, 1.165) is 0 Å². The molecular weight excluding hydrogens is 248 g/mol. The molecule has 6 heteroatoms. The first-order valence-electron chi connectivity index (χ1n) is 6.45. The number of aromatic amines is 1. The summed E-state index contributed by atoms with van der Waals surface area (Å²) >= 11 is 0. The van der Waals surface area contributed by atoms with Gasteiger partial charge in [0.2, 0.25) is 0 Å². The number of nitrogens with zero attached hydrogens (tertiary/aromatic N) is 1. The molecule has 1 saturated heterocycles. The average molecular weight is 268 g/mol. The largest absolute Gasteiger partial charge is 0.376 e. The molecule has 1 aromatic rings. The third kappa shape index (κ3) is 2.50. The van der Waals surface area contributed by atoms with Crippen LogP contribution in [0.5, 0.6) is 0 Å². The van der Waals surface area contributed by atoms with Gasteiger partial charge in [-0.15, -0.1) is 0 Å². The maximum Gasteiger partial charge on any atom is 0.330 e. The van der Waals surface area contributed by atoms with E-state index in [1.165, 1.54) is 16.8 Å². The van der Waals surface area contributed by atoms with Crippen LogP contribution in [-0.2, 0) is 9.47 Å². The lowest BCUT2D eigenvalue weighted by Gasteiger charge is -2.20. The van der Waals surface area contributed by atoms with Gasteiger partial charge < -0.3 is 9.47 Å². The summed E-state index contributed by atoms with van der Waals surface area (Å²) in [6, 6.07) is 1.31. The highest BCUT2D eigenvalue weighted by Crippen LogP contribution is 2.37. The van der Waals surface area contributed by atoms with Gasteiger partial charge in [0.05, 0.1) is 6.10 Å². The molecule has 0 spiro atoms. The standard InChI is InChI=1S/C13H20N2O4/c1-7(2)10-8(3)11(18-4)12(19-10)15-6-5-9(16)14-13(15)17/h5-8,10-12H,1-4H3,(H,14,16,17)/t8?,10-,11+,12-/m1/s1. The lowest BCUT2D eigenvalue weighted by molar-refractivity contribution is -0.0617. The molecule has 1 aromatic heterocycles. The first-order valence-corrected chi connectivity index (χ1v) is 6.45. The zero-order valence-electron chi connectivity index (χ0n) is 11.6. The highest BCUT2D eigenvalue weighted by molar-refractivity contribution is 4.93. The van der Waals surface area contributed by atoms with E-state index >= 15 is 0 Å². The number of hydrogen-bond acceptors (Lipinski definition) is 4. The molecule has 0 amide bonds. The van der Waals surface area contributed by atoms with Crippen LogP contribution < -0.4 is 11.2 Å².